The lowest BCUT2D eigenvalue weighted by atomic mass is 10.3. The number of methoxy groups -OCH3 is 1. The highest BCUT2D eigenvalue weighted by molar-refractivity contribution is 7.09. The summed E-state index contributed by atoms with van der Waals surface area (Å²) in [6.45, 7) is 1.86. The summed E-state index contributed by atoms with van der Waals surface area (Å²) < 4.78 is 4.88. The summed E-state index contributed by atoms with van der Waals surface area (Å²) in [7, 11) is 3.57. The molecular formula is C11H19ClN2O2S. The van der Waals surface area contributed by atoms with Gasteiger partial charge in [-0.05, 0) is 7.05 Å². The average Bonchev–Trinajstić information content (AvgIpc) is 2.74. The molecule has 1 atom stereocenters. The van der Waals surface area contributed by atoms with Crippen molar-refractivity contribution >= 4 is 22.9 Å². The Hall–Kier alpha value is -0.200. The van der Waals surface area contributed by atoms with Crippen LogP contribution in [0.4, 0.5) is 0 Å². The predicted molar refractivity (Wildman–Crippen MR) is 70.8 cm³/mol. The molecule has 98 valence electrons. The van der Waals surface area contributed by atoms with Gasteiger partial charge in [-0.3, -0.25) is 0 Å². The zero-order chi connectivity index (χ0) is 12.7. The van der Waals surface area contributed by atoms with E-state index < -0.39 is 6.10 Å². The number of aliphatic hydroxyl groups is 1. The van der Waals surface area contributed by atoms with E-state index in [-0.39, 0.29) is 0 Å². The first-order valence-corrected chi connectivity index (χ1v) is 6.92. The van der Waals surface area contributed by atoms with Gasteiger partial charge in [0.2, 0.25) is 0 Å². The Bertz CT molecular complexity index is 322. The molecule has 0 saturated heterocycles. The Balaban J connectivity index is 2.25. The minimum Gasteiger partial charge on any atom is -0.389 e. The van der Waals surface area contributed by atoms with E-state index in [1.807, 2.05) is 12.4 Å². The van der Waals surface area contributed by atoms with E-state index in [0.717, 1.165) is 23.7 Å². The average molecular weight is 279 g/mol. The van der Waals surface area contributed by atoms with E-state index >= 15 is 0 Å². The molecule has 4 nitrogen and oxygen atoms in total. The molecule has 1 aromatic heterocycles. The van der Waals surface area contributed by atoms with Crippen LogP contribution in [0.3, 0.4) is 0 Å². The Kier molecular flexibility index (Phi) is 6.99. The second kappa shape index (κ2) is 8.00. The molecule has 1 aromatic rings. The molecule has 0 aromatic carbocycles. The van der Waals surface area contributed by atoms with Crippen LogP contribution >= 0.6 is 22.9 Å². The third-order valence-electron chi connectivity index (χ3n) is 2.33. The number of aromatic nitrogens is 1. The van der Waals surface area contributed by atoms with E-state index in [1.54, 1.807) is 18.4 Å². The van der Waals surface area contributed by atoms with E-state index in [2.05, 4.69) is 9.88 Å². The van der Waals surface area contributed by atoms with Crippen LogP contribution in [0.5, 0.6) is 0 Å². The highest BCUT2D eigenvalue weighted by Crippen LogP contribution is 2.12. The Morgan fingerprint density at radius 2 is 2.41 bits per heavy atom. The molecule has 0 amide bonds. The molecule has 0 saturated carbocycles. The summed E-state index contributed by atoms with van der Waals surface area (Å²) in [5, 5.41) is 12.6. The fourth-order valence-electron chi connectivity index (χ4n) is 1.51. The van der Waals surface area contributed by atoms with Crippen molar-refractivity contribution < 1.29 is 9.84 Å². The SMILES string of the molecule is COCC(O)CN(C)CCc1nc(CCl)cs1. The second-order valence-corrected chi connectivity index (χ2v) is 5.20. The summed E-state index contributed by atoms with van der Waals surface area (Å²) >= 11 is 7.33. The van der Waals surface area contributed by atoms with Gasteiger partial charge in [0, 0.05) is 32.0 Å². The maximum Gasteiger partial charge on any atom is 0.0941 e. The Morgan fingerprint density at radius 3 is 3.00 bits per heavy atom. The van der Waals surface area contributed by atoms with Gasteiger partial charge in [-0.25, -0.2) is 4.98 Å². The number of ether oxygens (including phenoxy) is 1. The standard InChI is InChI=1S/C11H19ClN2O2S/c1-14(6-10(15)7-16-2)4-3-11-13-9(5-12)8-17-11/h8,10,15H,3-7H2,1-2H3. The molecule has 1 heterocycles. The third-order valence-corrected chi connectivity index (χ3v) is 3.56. The number of thiazole rings is 1. The number of likely N-dealkylation sites (N-methyl/N-ethyl adjacent to an activating group) is 1. The first kappa shape index (κ1) is 14.9. The van der Waals surface area contributed by atoms with Crippen molar-refractivity contribution in [1.82, 2.24) is 9.88 Å². The summed E-state index contributed by atoms with van der Waals surface area (Å²) in [6, 6.07) is 0. The maximum atomic E-state index is 9.56. The van der Waals surface area contributed by atoms with Crippen LogP contribution in [0.1, 0.15) is 10.7 Å². The van der Waals surface area contributed by atoms with Crippen LogP contribution in [0.25, 0.3) is 0 Å². The molecule has 0 spiro atoms. The molecule has 1 N–H and O–H groups in total. The lowest BCUT2D eigenvalue weighted by Crippen LogP contribution is -2.33. The van der Waals surface area contributed by atoms with Gasteiger partial charge in [0.25, 0.3) is 0 Å². The molecule has 6 heteroatoms. The summed E-state index contributed by atoms with van der Waals surface area (Å²) in [5.74, 6) is 0.471. The molecule has 0 aliphatic rings. The largest absolute Gasteiger partial charge is 0.389 e. The zero-order valence-corrected chi connectivity index (χ0v) is 11.8. The fraction of sp³-hybridized carbons (Fsp3) is 0.727. The molecule has 0 radical (unpaired) electrons. The normalized spacial score (nSPS) is 13.2. The van der Waals surface area contributed by atoms with Crippen LogP contribution < -0.4 is 0 Å². The lowest BCUT2D eigenvalue weighted by molar-refractivity contribution is 0.0435. The monoisotopic (exact) mass is 278 g/mol. The number of rotatable bonds is 8. The maximum absolute atomic E-state index is 9.56. The summed E-state index contributed by atoms with van der Waals surface area (Å²) in [4.78, 5) is 6.46. The molecular weight excluding hydrogens is 260 g/mol. The van der Waals surface area contributed by atoms with Crippen LogP contribution in [-0.2, 0) is 17.0 Å². The van der Waals surface area contributed by atoms with Crippen LogP contribution in [0.15, 0.2) is 5.38 Å². The summed E-state index contributed by atoms with van der Waals surface area (Å²) in [6.07, 6.45) is 0.456. The number of halogens is 1. The van der Waals surface area contributed by atoms with Crippen LogP contribution in [0, 0.1) is 0 Å². The smallest absolute Gasteiger partial charge is 0.0941 e. The van der Waals surface area contributed by atoms with Crippen molar-refractivity contribution in [1.29, 1.82) is 0 Å². The fourth-order valence-corrected chi connectivity index (χ4v) is 2.52. The van der Waals surface area contributed by atoms with Gasteiger partial charge in [-0.2, -0.15) is 0 Å². The minimum absolute atomic E-state index is 0.373. The number of nitrogens with zero attached hydrogens (tertiary/aromatic N) is 2. The molecule has 0 fully saturated rings. The van der Waals surface area contributed by atoms with E-state index in [1.165, 1.54) is 0 Å². The molecule has 1 rings (SSSR count). The van der Waals surface area contributed by atoms with Crippen molar-refractivity contribution in [3.8, 4) is 0 Å². The molecule has 0 bridgehead atoms. The topological polar surface area (TPSA) is 45.6 Å². The highest BCUT2D eigenvalue weighted by Gasteiger charge is 2.08. The molecule has 17 heavy (non-hydrogen) atoms. The van der Waals surface area contributed by atoms with E-state index in [9.17, 15) is 5.11 Å². The molecule has 0 aliphatic heterocycles. The number of hydrogen-bond acceptors (Lipinski definition) is 5. The predicted octanol–water partition coefficient (Wildman–Crippen LogP) is 1.36. The van der Waals surface area contributed by atoms with Crippen LogP contribution in [0.2, 0.25) is 0 Å². The van der Waals surface area contributed by atoms with Gasteiger partial charge in [0.05, 0.1) is 29.3 Å². The number of hydrogen-bond donors (Lipinski definition) is 1. The van der Waals surface area contributed by atoms with E-state index in [0.29, 0.717) is 19.0 Å². The van der Waals surface area contributed by atoms with Gasteiger partial charge in [-0.15, -0.1) is 22.9 Å². The van der Waals surface area contributed by atoms with Gasteiger partial charge in [-0.1, -0.05) is 0 Å². The first-order chi connectivity index (χ1) is 8.15. The van der Waals surface area contributed by atoms with Gasteiger partial charge >= 0.3 is 0 Å². The Labute approximate surface area is 111 Å². The van der Waals surface area contributed by atoms with Crippen molar-refractivity contribution in [2.24, 2.45) is 0 Å². The number of alkyl halides is 1. The number of aliphatic hydroxyl groups excluding tert-OH is 1. The quantitative estimate of drug-likeness (QED) is 0.730. The van der Waals surface area contributed by atoms with Gasteiger partial charge in [0.1, 0.15) is 0 Å². The van der Waals surface area contributed by atoms with Gasteiger partial charge in [0.15, 0.2) is 0 Å². The van der Waals surface area contributed by atoms with Gasteiger partial charge < -0.3 is 14.7 Å². The Morgan fingerprint density at radius 1 is 1.65 bits per heavy atom. The van der Waals surface area contributed by atoms with Crippen molar-refractivity contribution in [2.75, 3.05) is 33.9 Å². The molecule has 1 unspecified atom stereocenters. The highest BCUT2D eigenvalue weighted by atomic mass is 35.5. The van der Waals surface area contributed by atoms with Crippen molar-refractivity contribution in [3.05, 3.63) is 16.1 Å². The van der Waals surface area contributed by atoms with Crippen LogP contribution in [-0.4, -0.2) is 54.9 Å². The third kappa shape index (κ3) is 5.79. The van der Waals surface area contributed by atoms with Crippen molar-refractivity contribution in [3.63, 3.8) is 0 Å². The first-order valence-electron chi connectivity index (χ1n) is 5.50. The molecule has 0 aliphatic carbocycles. The van der Waals surface area contributed by atoms with E-state index in [4.69, 9.17) is 16.3 Å². The second-order valence-electron chi connectivity index (χ2n) is 3.99. The van der Waals surface area contributed by atoms with Crippen molar-refractivity contribution in [2.45, 2.75) is 18.4 Å². The lowest BCUT2D eigenvalue weighted by Gasteiger charge is -2.19. The minimum atomic E-state index is -0.431. The zero-order valence-electron chi connectivity index (χ0n) is 10.2. The summed E-state index contributed by atoms with van der Waals surface area (Å²) in [5.41, 5.74) is 0.939.